The Kier molecular flexibility index (Phi) is 3.12. The normalized spacial score (nSPS) is 10.4. The van der Waals surface area contributed by atoms with Crippen molar-refractivity contribution in [3.63, 3.8) is 0 Å². The number of rotatable bonds is 2. The van der Waals surface area contributed by atoms with Crippen molar-refractivity contribution in [1.82, 2.24) is 0 Å². The molecule has 0 saturated heterocycles. The predicted molar refractivity (Wildman–Crippen MR) is 52.8 cm³/mol. The van der Waals surface area contributed by atoms with Gasteiger partial charge in [-0.2, -0.15) is 11.3 Å². The predicted octanol–water partition coefficient (Wildman–Crippen LogP) is 3.73. The summed E-state index contributed by atoms with van der Waals surface area (Å²) in [6.07, 6.45) is 6.30. The zero-order valence-corrected chi connectivity index (χ0v) is 7.69. The molecular formula is C10H12S. The zero-order chi connectivity index (χ0) is 8.10. The summed E-state index contributed by atoms with van der Waals surface area (Å²) in [6, 6.07) is 2.11. The second-order valence-electron chi connectivity index (χ2n) is 2.66. The van der Waals surface area contributed by atoms with Gasteiger partial charge in [0, 0.05) is 0 Å². The van der Waals surface area contributed by atoms with Gasteiger partial charge in [-0.1, -0.05) is 23.8 Å². The summed E-state index contributed by atoms with van der Waals surface area (Å²) in [5.74, 6) is 0. The lowest BCUT2D eigenvalue weighted by atomic mass is 10.2. The van der Waals surface area contributed by atoms with E-state index in [4.69, 9.17) is 0 Å². The van der Waals surface area contributed by atoms with E-state index in [0.29, 0.717) is 0 Å². The van der Waals surface area contributed by atoms with Crippen molar-refractivity contribution >= 4 is 17.4 Å². The Balaban J connectivity index is 2.56. The number of hydrogen-bond donors (Lipinski definition) is 0. The Hall–Kier alpha value is -0.820. The molecule has 0 bridgehead atoms. The largest absolute Gasteiger partial charge is 0.152 e. The lowest BCUT2D eigenvalue weighted by Gasteiger charge is -1.82. The molecule has 1 aromatic heterocycles. The van der Waals surface area contributed by atoms with Gasteiger partial charge in [-0.05, 0) is 36.2 Å². The molecular weight excluding hydrogens is 152 g/mol. The van der Waals surface area contributed by atoms with E-state index in [1.54, 1.807) is 11.3 Å². The van der Waals surface area contributed by atoms with E-state index in [0.717, 1.165) is 0 Å². The first-order valence-electron chi connectivity index (χ1n) is 3.63. The van der Waals surface area contributed by atoms with Crippen LogP contribution in [0.1, 0.15) is 19.4 Å². The van der Waals surface area contributed by atoms with Crippen molar-refractivity contribution < 1.29 is 0 Å². The van der Waals surface area contributed by atoms with Crippen LogP contribution < -0.4 is 0 Å². The fourth-order valence-corrected chi connectivity index (χ4v) is 1.35. The molecule has 1 heterocycles. The third-order valence-corrected chi connectivity index (χ3v) is 1.96. The van der Waals surface area contributed by atoms with E-state index >= 15 is 0 Å². The lowest BCUT2D eigenvalue weighted by Crippen LogP contribution is -1.60. The minimum absolute atomic E-state index is 1.28. The fraction of sp³-hybridized carbons (Fsp3) is 0.200. The van der Waals surface area contributed by atoms with E-state index in [-0.39, 0.29) is 0 Å². The zero-order valence-electron chi connectivity index (χ0n) is 6.87. The van der Waals surface area contributed by atoms with E-state index in [9.17, 15) is 0 Å². The Morgan fingerprint density at radius 3 is 2.82 bits per heavy atom. The molecule has 1 rings (SSSR count). The third kappa shape index (κ3) is 3.19. The van der Waals surface area contributed by atoms with Crippen molar-refractivity contribution in [2.75, 3.05) is 0 Å². The van der Waals surface area contributed by atoms with Crippen LogP contribution in [0.25, 0.3) is 6.08 Å². The molecule has 0 aliphatic carbocycles. The summed E-state index contributed by atoms with van der Waals surface area (Å²) in [4.78, 5) is 0. The average molecular weight is 164 g/mol. The smallest absolute Gasteiger partial charge is 0.00208 e. The second kappa shape index (κ2) is 4.14. The monoisotopic (exact) mass is 164 g/mol. The first-order chi connectivity index (χ1) is 5.29. The number of allylic oxidation sites excluding steroid dienone is 3. The van der Waals surface area contributed by atoms with Crippen LogP contribution in [0, 0.1) is 0 Å². The van der Waals surface area contributed by atoms with Gasteiger partial charge < -0.3 is 0 Å². The van der Waals surface area contributed by atoms with E-state index < -0.39 is 0 Å². The van der Waals surface area contributed by atoms with Crippen LogP contribution in [-0.2, 0) is 0 Å². The molecule has 0 nitrogen and oxygen atoms in total. The Morgan fingerprint density at radius 1 is 1.45 bits per heavy atom. The SMILES string of the molecule is CC(C)=CC=Cc1ccsc1. The third-order valence-electron chi connectivity index (χ3n) is 1.26. The minimum Gasteiger partial charge on any atom is -0.152 e. The molecule has 0 amide bonds. The molecule has 0 saturated carbocycles. The molecule has 0 aromatic carbocycles. The molecule has 0 unspecified atom stereocenters. The molecule has 0 atom stereocenters. The van der Waals surface area contributed by atoms with Gasteiger partial charge in [-0.3, -0.25) is 0 Å². The molecule has 0 fully saturated rings. The number of thiophene rings is 1. The Bertz CT molecular complexity index is 248. The summed E-state index contributed by atoms with van der Waals surface area (Å²) in [5.41, 5.74) is 2.61. The Morgan fingerprint density at radius 2 is 2.27 bits per heavy atom. The van der Waals surface area contributed by atoms with Gasteiger partial charge >= 0.3 is 0 Å². The highest BCUT2D eigenvalue weighted by Gasteiger charge is 1.81. The van der Waals surface area contributed by atoms with E-state index in [2.05, 4.69) is 48.9 Å². The second-order valence-corrected chi connectivity index (χ2v) is 3.44. The molecule has 58 valence electrons. The summed E-state index contributed by atoms with van der Waals surface area (Å²) in [6.45, 7) is 4.19. The fourth-order valence-electron chi connectivity index (χ4n) is 0.721. The van der Waals surface area contributed by atoms with Gasteiger partial charge in [0.25, 0.3) is 0 Å². The average Bonchev–Trinajstić information content (AvgIpc) is 2.39. The maximum atomic E-state index is 2.13. The van der Waals surface area contributed by atoms with Crippen molar-refractivity contribution in [2.24, 2.45) is 0 Å². The highest BCUT2D eigenvalue weighted by Crippen LogP contribution is 2.07. The van der Waals surface area contributed by atoms with Crippen molar-refractivity contribution in [1.29, 1.82) is 0 Å². The Labute approximate surface area is 71.9 Å². The lowest BCUT2D eigenvalue weighted by molar-refractivity contribution is 1.40. The topological polar surface area (TPSA) is 0 Å². The summed E-state index contributed by atoms with van der Waals surface area (Å²) < 4.78 is 0. The molecule has 1 aromatic rings. The molecule has 0 spiro atoms. The first-order valence-corrected chi connectivity index (χ1v) is 4.57. The summed E-state index contributed by atoms with van der Waals surface area (Å²) in [5, 5.41) is 4.22. The van der Waals surface area contributed by atoms with Crippen molar-refractivity contribution in [3.8, 4) is 0 Å². The maximum Gasteiger partial charge on any atom is -0.00208 e. The summed E-state index contributed by atoms with van der Waals surface area (Å²) in [7, 11) is 0. The van der Waals surface area contributed by atoms with E-state index in [1.165, 1.54) is 11.1 Å². The van der Waals surface area contributed by atoms with Gasteiger partial charge in [0.1, 0.15) is 0 Å². The minimum atomic E-state index is 1.28. The van der Waals surface area contributed by atoms with Gasteiger partial charge in [-0.15, -0.1) is 0 Å². The van der Waals surface area contributed by atoms with Gasteiger partial charge in [0.2, 0.25) is 0 Å². The highest BCUT2D eigenvalue weighted by molar-refractivity contribution is 7.08. The quantitative estimate of drug-likeness (QED) is 0.584. The molecule has 0 radical (unpaired) electrons. The maximum absolute atomic E-state index is 2.13. The van der Waals surface area contributed by atoms with Gasteiger partial charge in [0.05, 0.1) is 0 Å². The van der Waals surface area contributed by atoms with Crippen molar-refractivity contribution in [2.45, 2.75) is 13.8 Å². The molecule has 1 heteroatoms. The van der Waals surface area contributed by atoms with Crippen LogP contribution in [-0.4, -0.2) is 0 Å². The molecule has 0 aliphatic heterocycles. The molecule has 0 N–H and O–H groups in total. The van der Waals surface area contributed by atoms with Gasteiger partial charge in [-0.25, -0.2) is 0 Å². The summed E-state index contributed by atoms with van der Waals surface area (Å²) >= 11 is 1.73. The van der Waals surface area contributed by atoms with Crippen LogP contribution in [0.2, 0.25) is 0 Å². The highest BCUT2D eigenvalue weighted by atomic mass is 32.1. The van der Waals surface area contributed by atoms with Crippen LogP contribution in [0.5, 0.6) is 0 Å². The first kappa shape index (κ1) is 8.28. The van der Waals surface area contributed by atoms with Gasteiger partial charge in [0.15, 0.2) is 0 Å². The number of hydrogen-bond acceptors (Lipinski definition) is 1. The van der Waals surface area contributed by atoms with Crippen LogP contribution in [0.15, 0.2) is 34.6 Å². The van der Waals surface area contributed by atoms with E-state index in [1.807, 2.05) is 0 Å². The van der Waals surface area contributed by atoms with Crippen molar-refractivity contribution in [3.05, 3.63) is 40.1 Å². The molecule has 11 heavy (non-hydrogen) atoms. The van der Waals surface area contributed by atoms with Crippen LogP contribution >= 0.6 is 11.3 Å². The molecule has 0 aliphatic rings. The van der Waals surface area contributed by atoms with Crippen LogP contribution in [0.4, 0.5) is 0 Å². The standard InChI is InChI=1S/C10H12S/c1-9(2)4-3-5-10-6-7-11-8-10/h3-8H,1-2H3. The van der Waals surface area contributed by atoms with Crippen LogP contribution in [0.3, 0.4) is 0 Å².